The molecule has 4 aliphatic carbocycles. The van der Waals surface area contributed by atoms with Crippen molar-refractivity contribution in [2.45, 2.75) is 10.8 Å². The maximum atomic E-state index is 3.65. The molecule has 4 aromatic heterocycles. The number of nitrogens with one attached hydrogen (secondary N) is 1. The Kier molecular flexibility index (Phi) is 13.6. The molecule has 4 aliphatic rings. The quantitative estimate of drug-likeness (QED) is 0.178. The Morgan fingerprint density at radius 2 is 0.617 bits per heavy atom. The molecule has 0 fully saturated rings. The summed E-state index contributed by atoms with van der Waals surface area (Å²) in [6.07, 6.45) is 4.24. The predicted molar refractivity (Wildman–Crippen MR) is 448 cm³/mol. The van der Waals surface area contributed by atoms with Gasteiger partial charge in [0.25, 0.3) is 0 Å². The Hall–Kier alpha value is -13.3. The van der Waals surface area contributed by atoms with Crippen molar-refractivity contribution in [1.29, 1.82) is 0 Å². The fourth-order valence-electron chi connectivity index (χ4n) is 19.2. The SMILES string of the molecule is Brc1cccc(-c2ccc3c(c2)C2(c4ccccc4-c4ccccc42)c2ccccc2-3)c1.c1ccc(-n2c3ccccc3c3ccc4[nH]ccc4c32)cc1.c1ccc(-n2c3ccccc3c3ccc4c(ccn4-c4cccc(-c5ccc6c(c5)C5(c7ccccc7-c7ccccc75)c5ccccc5-6)c4)c32)cc1. The number of para-hydroxylation sites is 4. The summed E-state index contributed by atoms with van der Waals surface area (Å²) in [5.74, 6) is 0. The first-order valence-corrected chi connectivity index (χ1v) is 37.7. The third-order valence-corrected chi connectivity index (χ3v) is 24.0. The van der Waals surface area contributed by atoms with E-state index in [4.69, 9.17) is 0 Å². The zero-order chi connectivity index (χ0) is 70.5. The third-order valence-electron chi connectivity index (χ3n) is 23.5. The lowest BCUT2D eigenvalue weighted by Crippen LogP contribution is -2.25. The average molecular weight is 1430 g/mol. The maximum Gasteiger partial charge on any atom is 0.0725 e. The second kappa shape index (κ2) is 23.9. The highest BCUT2D eigenvalue weighted by Gasteiger charge is 2.53. The smallest absolute Gasteiger partial charge is 0.0725 e. The molecule has 5 heteroatoms. The molecule has 0 saturated carbocycles. The fourth-order valence-corrected chi connectivity index (χ4v) is 19.6. The van der Waals surface area contributed by atoms with Gasteiger partial charge >= 0.3 is 0 Å². The Morgan fingerprint density at radius 3 is 1.09 bits per heavy atom. The molecule has 500 valence electrons. The van der Waals surface area contributed by atoms with Crippen LogP contribution in [0.3, 0.4) is 0 Å². The van der Waals surface area contributed by atoms with Crippen LogP contribution in [-0.2, 0) is 10.8 Å². The van der Waals surface area contributed by atoms with Crippen LogP contribution in [0.2, 0.25) is 0 Å². The summed E-state index contributed by atoms with van der Waals surface area (Å²) in [6.45, 7) is 0. The van der Waals surface area contributed by atoms with Crippen molar-refractivity contribution >= 4 is 81.3 Å². The molecule has 0 unspecified atom stereocenters. The summed E-state index contributed by atoms with van der Waals surface area (Å²) in [6, 6.07) is 138. The molecule has 0 amide bonds. The van der Waals surface area contributed by atoms with Gasteiger partial charge in [-0.25, -0.2) is 0 Å². The standard InChI is InChI=1S/C51H32N2.C31H19Br.C20H14N2/c1-2-14-35(15-3-1)53-49-24-11-7-20-41(49)42-27-28-48-43(50(42)53)29-30-52(48)36-16-12-13-33(31-36)34-25-26-40-39-19-6-10-23-46(39)51(47(40)32-34)44-21-8-4-17-37(44)38-18-5-9-22-45(38)51;32-22-9-7-8-20(18-22)21-16-17-26-25-12-3-6-15-29(25)31(30(26)19-21)27-13-4-1-10-23(27)24-11-2-5-14-28(24)31;1-2-6-14(7-3-1)22-19-9-5-4-8-15(19)16-10-11-18-17(20(16)22)12-13-21-18/h1-32H;1-19H;1-13,21H. The van der Waals surface area contributed by atoms with Crippen LogP contribution in [0, 0.1) is 0 Å². The normalized spacial score (nSPS) is 13.2. The van der Waals surface area contributed by atoms with Crippen molar-refractivity contribution in [2.75, 3.05) is 0 Å². The number of nitrogens with zero attached hydrogens (tertiary/aromatic N) is 3. The molecule has 16 aromatic carbocycles. The first-order chi connectivity index (χ1) is 53.0. The fraction of sp³-hybridized carbons (Fsp3) is 0.0196. The van der Waals surface area contributed by atoms with Crippen LogP contribution in [-0.4, -0.2) is 18.7 Å². The van der Waals surface area contributed by atoms with E-state index >= 15 is 0 Å². The van der Waals surface area contributed by atoms with Crippen molar-refractivity contribution in [3.05, 3.63) is 437 Å². The summed E-state index contributed by atoms with van der Waals surface area (Å²) in [5, 5.41) is 7.64. The predicted octanol–water partition coefficient (Wildman–Crippen LogP) is 26.5. The van der Waals surface area contributed by atoms with Crippen molar-refractivity contribution < 1.29 is 0 Å². The van der Waals surface area contributed by atoms with E-state index in [1.54, 1.807) is 0 Å². The molecule has 0 bridgehead atoms. The van der Waals surface area contributed by atoms with Crippen LogP contribution in [0.5, 0.6) is 0 Å². The van der Waals surface area contributed by atoms with Gasteiger partial charge in [-0.15, -0.1) is 0 Å². The minimum atomic E-state index is -0.355. The van der Waals surface area contributed by atoms with Gasteiger partial charge in [0.05, 0.1) is 38.4 Å². The summed E-state index contributed by atoms with van der Waals surface area (Å²) in [7, 11) is 0. The molecule has 0 saturated heterocycles. The van der Waals surface area contributed by atoms with Gasteiger partial charge in [0, 0.05) is 71.8 Å². The molecule has 0 atom stereocenters. The largest absolute Gasteiger partial charge is 0.361 e. The summed E-state index contributed by atoms with van der Waals surface area (Å²) in [5.41, 5.74) is 36.8. The van der Waals surface area contributed by atoms with Crippen molar-refractivity contribution in [3.63, 3.8) is 0 Å². The maximum absolute atomic E-state index is 3.65. The monoisotopic (exact) mass is 1420 g/mol. The number of H-pyrrole nitrogens is 1. The van der Waals surface area contributed by atoms with Crippen molar-refractivity contribution in [1.82, 2.24) is 18.7 Å². The summed E-state index contributed by atoms with van der Waals surface area (Å²) < 4.78 is 8.23. The van der Waals surface area contributed by atoms with E-state index in [-0.39, 0.29) is 10.8 Å². The Labute approximate surface area is 627 Å². The van der Waals surface area contributed by atoms with E-state index in [0.29, 0.717) is 0 Å². The third kappa shape index (κ3) is 8.84. The molecule has 2 spiro atoms. The molecular formula is C102H65BrN4. The van der Waals surface area contributed by atoms with Crippen LogP contribution in [0.4, 0.5) is 0 Å². The Balaban J connectivity index is 0.000000111. The zero-order valence-corrected chi connectivity index (χ0v) is 59.8. The second-order valence-electron chi connectivity index (χ2n) is 28.7. The molecule has 24 rings (SSSR count). The highest BCUT2D eigenvalue weighted by molar-refractivity contribution is 9.10. The van der Waals surface area contributed by atoms with Crippen LogP contribution in [0.1, 0.15) is 44.5 Å². The first kappa shape index (κ1) is 61.2. The van der Waals surface area contributed by atoms with Gasteiger partial charge in [0.2, 0.25) is 0 Å². The molecule has 4 heterocycles. The number of hydrogen-bond donors (Lipinski definition) is 1. The van der Waals surface area contributed by atoms with E-state index < -0.39 is 0 Å². The summed E-state index contributed by atoms with van der Waals surface area (Å²) in [4.78, 5) is 3.32. The van der Waals surface area contributed by atoms with Crippen molar-refractivity contribution in [2.24, 2.45) is 0 Å². The lowest BCUT2D eigenvalue weighted by Gasteiger charge is -2.30. The molecule has 20 aromatic rings. The average Bonchev–Trinajstić information content (AvgIpc) is 1.52. The number of aromatic nitrogens is 4. The molecule has 0 aliphatic heterocycles. The lowest BCUT2D eigenvalue weighted by molar-refractivity contribution is 0.794. The highest BCUT2D eigenvalue weighted by Crippen LogP contribution is 2.65. The Morgan fingerprint density at radius 1 is 0.234 bits per heavy atom. The minimum absolute atomic E-state index is 0.277. The van der Waals surface area contributed by atoms with E-state index in [2.05, 4.69) is 417 Å². The summed E-state index contributed by atoms with van der Waals surface area (Å²) >= 11 is 3.65. The number of aromatic amines is 1. The van der Waals surface area contributed by atoms with Gasteiger partial charge in [-0.3, -0.25) is 0 Å². The second-order valence-corrected chi connectivity index (χ2v) is 29.6. The number of halogens is 1. The number of rotatable bonds is 5. The van der Waals surface area contributed by atoms with Gasteiger partial charge in [0.15, 0.2) is 0 Å². The number of fused-ring (bicyclic) bond motifs is 30. The van der Waals surface area contributed by atoms with Crippen molar-refractivity contribution in [3.8, 4) is 83.8 Å². The molecule has 107 heavy (non-hydrogen) atoms. The Bertz CT molecular complexity index is 6910. The molecule has 0 radical (unpaired) electrons. The van der Waals surface area contributed by atoms with E-state index in [9.17, 15) is 0 Å². The number of benzene rings is 16. The van der Waals surface area contributed by atoms with Gasteiger partial charge in [-0.05, 0) is 208 Å². The molecule has 1 N–H and O–H groups in total. The highest BCUT2D eigenvalue weighted by atomic mass is 79.9. The van der Waals surface area contributed by atoms with Crippen LogP contribution in [0.25, 0.3) is 149 Å². The van der Waals surface area contributed by atoms with Crippen LogP contribution < -0.4 is 0 Å². The van der Waals surface area contributed by atoms with E-state index in [1.165, 1.54) is 188 Å². The van der Waals surface area contributed by atoms with E-state index in [1.807, 2.05) is 6.20 Å². The lowest BCUT2D eigenvalue weighted by atomic mass is 9.70. The zero-order valence-electron chi connectivity index (χ0n) is 58.2. The van der Waals surface area contributed by atoms with Gasteiger partial charge in [-0.1, -0.05) is 295 Å². The van der Waals surface area contributed by atoms with Gasteiger partial charge in [-0.2, -0.15) is 0 Å². The van der Waals surface area contributed by atoms with Gasteiger partial charge < -0.3 is 18.7 Å². The first-order valence-electron chi connectivity index (χ1n) is 36.9. The number of hydrogen-bond acceptors (Lipinski definition) is 0. The minimum Gasteiger partial charge on any atom is -0.361 e. The topological polar surface area (TPSA) is 30.6 Å². The van der Waals surface area contributed by atoms with E-state index in [0.717, 1.165) is 10.2 Å². The van der Waals surface area contributed by atoms with Crippen LogP contribution in [0.15, 0.2) is 393 Å². The van der Waals surface area contributed by atoms with Crippen LogP contribution >= 0.6 is 15.9 Å². The molecule has 4 nitrogen and oxygen atoms in total. The molecular weight excluding hydrogens is 1360 g/mol. The van der Waals surface area contributed by atoms with Gasteiger partial charge in [0.1, 0.15) is 0 Å².